The molecule has 11 heteroatoms. The van der Waals surface area contributed by atoms with Crippen LogP contribution in [0.3, 0.4) is 0 Å². The van der Waals surface area contributed by atoms with Gasteiger partial charge in [0.15, 0.2) is 11.7 Å². The first-order valence-corrected chi connectivity index (χ1v) is 9.07. The Labute approximate surface area is 182 Å². The van der Waals surface area contributed by atoms with E-state index in [9.17, 15) is 18.0 Å². The summed E-state index contributed by atoms with van der Waals surface area (Å²) in [4.78, 5) is 19.4. The Kier molecular flexibility index (Phi) is 10.2. The van der Waals surface area contributed by atoms with Crippen molar-refractivity contribution < 1.29 is 18.0 Å². The zero-order valence-corrected chi connectivity index (χ0v) is 18.2. The number of aliphatic imine (C=N–C) groups is 1. The molecule has 154 valence electrons. The Bertz CT molecular complexity index is 768. The summed E-state index contributed by atoms with van der Waals surface area (Å²) in [5, 5.41) is 10.1. The number of carbonyl (C=O) groups is 1. The second kappa shape index (κ2) is 11.8. The number of guanidine groups is 1. The molecule has 6 nitrogen and oxygen atoms in total. The standard InChI is InChI=1S/C17H20F3N5OS.HI/c1-21-16(24-10-14-25-13(11-27-14)17(18,19)20)23-9-5-8-22-15(26)12-6-3-2-4-7-12;/h2-4,6-7,11H,5,8-10H2,1H3,(H,22,26)(H2,21,23,24);1H. The van der Waals surface area contributed by atoms with E-state index < -0.39 is 11.9 Å². The van der Waals surface area contributed by atoms with E-state index >= 15 is 0 Å². The minimum absolute atomic E-state index is 0. The van der Waals surface area contributed by atoms with Gasteiger partial charge >= 0.3 is 6.18 Å². The van der Waals surface area contributed by atoms with E-state index in [4.69, 9.17) is 0 Å². The number of benzene rings is 1. The molecule has 0 aliphatic rings. The molecule has 0 unspecified atom stereocenters. The fraction of sp³-hybridized carbons (Fsp3) is 0.353. The van der Waals surface area contributed by atoms with E-state index in [-0.39, 0.29) is 36.4 Å². The Balaban J connectivity index is 0.00000392. The summed E-state index contributed by atoms with van der Waals surface area (Å²) in [7, 11) is 1.56. The van der Waals surface area contributed by atoms with Crippen LogP contribution in [-0.4, -0.2) is 37.0 Å². The van der Waals surface area contributed by atoms with Gasteiger partial charge < -0.3 is 16.0 Å². The fourth-order valence-corrected chi connectivity index (χ4v) is 2.83. The summed E-state index contributed by atoms with van der Waals surface area (Å²) in [6.45, 7) is 1.17. The highest BCUT2D eigenvalue weighted by molar-refractivity contribution is 14.0. The van der Waals surface area contributed by atoms with Crippen molar-refractivity contribution in [3.05, 3.63) is 52.0 Å². The maximum Gasteiger partial charge on any atom is 0.434 e. The zero-order valence-electron chi connectivity index (χ0n) is 15.0. The van der Waals surface area contributed by atoms with Gasteiger partial charge in [-0.15, -0.1) is 35.3 Å². The van der Waals surface area contributed by atoms with Gasteiger partial charge in [0.25, 0.3) is 5.91 Å². The minimum atomic E-state index is -4.43. The van der Waals surface area contributed by atoms with Crippen LogP contribution >= 0.6 is 35.3 Å². The monoisotopic (exact) mass is 527 g/mol. The molecule has 0 saturated heterocycles. The molecule has 1 heterocycles. The molecule has 2 aromatic rings. The molecule has 1 aromatic heterocycles. The van der Waals surface area contributed by atoms with Crippen molar-refractivity contribution in [2.45, 2.75) is 19.1 Å². The summed E-state index contributed by atoms with van der Waals surface area (Å²) >= 11 is 0.938. The van der Waals surface area contributed by atoms with Gasteiger partial charge in [0.1, 0.15) is 5.01 Å². The van der Waals surface area contributed by atoms with Gasteiger partial charge in [-0.1, -0.05) is 18.2 Å². The summed E-state index contributed by atoms with van der Waals surface area (Å²) in [5.74, 6) is 0.315. The quantitative estimate of drug-likeness (QED) is 0.224. The molecule has 0 fully saturated rings. The number of thiazole rings is 1. The van der Waals surface area contributed by atoms with Gasteiger partial charge in [0, 0.05) is 31.1 Å². The molecule has 28 heavy (non-hydrogen) atoms. The molecule has 0 aliphatic carbocycles. The van der Waals surface area contributed by atoms with E-state index in [1.165, 1.54) is 0 Å². The molecule has 0 spiro atoms. The Morgan fingerprint density at radius 2 is 1.82 bits per heavy atom. The van der Waals surface area contributed by atoms with Gasteiger partial charge in [-0.2, -0.15) is 13.2 Å². The molecule has 0 radical (unpaired) electrons. The zero-order chi connectivity index (χ0) is 19.7. The molecule has 0 aliphatic heterocycles. The number of nitrogens with zero attached hydrogens (tertiary/aromatic N) is 2. The molecule has 2 rings (SSSR count). The van der Waals surface area contributed by atoms with E-state index in [1.807, 2.05) is 6.07 Å². The Morgan fingerprint density at radius 3 is 2.43 bits per heavy atom. The highest BCUT2D eigenvalue weighted by Crippen LogP contribution is 2.29. The van der Waals surface area contributed by atoms with Gasteiger partial charge in [0.2, 0.25) is 0 Å². The third-order valence-corrected chi connectivity index (χ3v) is 4.29. The number of rotatable bonds is 7. The number of carbonyl (C=O) groups excluding carboxylic acids is 1. The third-order valence-electron chi connectivity index (χ3n) is 3.44. The van der Waals surface area contributed by atoms with Gasteiger partial charge in [-0.25, -0.2) is 4.98 Å². The van der Waals surface area contributed by atoms with Crippen LogP contribution in [0, 0.1) is 0 Å². The van der Waals surface area contributed by atoms with Crippen LogP contribution in [0.4, 0.5) is 13.2 Å². The smallest absolute Gasteiger partial charge is 0.356 e. The van der Waals surface area contributed by atoms with Gasteiger partial charge in [-0.05, 0) is 18.6 Å². The number of hydrogen-bond donors (Lipinski definition) is 3. The second-order valence-electron chi connectivity index (χ2n) is 5.45. The lowest BCUT2D eigenvalue weighted by molar-refractivity contribution is -0.140. The maximum atomic E-state index is 12.5. The molecular weight excluding hydrogens is 506 g/mol. The maximum absolute atomic E-state index is 12.5. The first-order chi connectivity index (χ1) is 12.9. The minimum Gasteiger partial charge on any atom is -0.356 e. The van der Waals surface area contributed by atoms with E-state index in [0.29, 0.717) is 36.0 Å². The number of alkyl halides is 3. The average molecular weight is 527 g/mol. The SMILES string of the molecule is CN=C(NCCCNC(=O)c1ccccc1)NCc1nc(C(F)(F)F)cs1.I. The van der Waals surface area contributed by atoms with Crippen molar-refractivity contribution in [3.63, 3.8) is 0 Å². The van der Waals surface area contributed by atoms with Crippen molar-refractivity contribution >= 4 is 47.2 Å². The number of aromatic nitrogens is 1. The lowest BCUT2D eigenvalue weighted by Crippen LogP contribution is -2.38. The lowest BCUT2D eigenvalue weighted by atomic mass is 10.2. The van der Waals surface area contributed by atoms with Crippen LogP contribution in [0.2, 0.25) is 0 Å². The molecule has 0 atom stereocenters. The second-order valence-corrected chi connectivity index (χ2v) is 6.39. The Morgan fingerprint density at radius 1 is 1.14 bits per heavy atom. The molecule has 0 bridgehead atoms. The van der Waals surface area contributed by atoms with Crippen molar-refractivity contribution in [2.24, 2.45) is 4.99 Å². The molecule has 1 amide bonds. The summed E-state index contributed by atoms with van der Waals surface area (Å²) in [5.41, 5.74) is -0.286. The number of halogens is 4. The topological polar surface area (TPSA) is 78.4 Å². The van der Waals surface area contributed by atoms with E-state index in [0.717, 1.165) is 16.7 Å². The van der Waals surface area contributed by atoms with Crippen LogP contribution in [0.15, 0.2) is 40.7 Å². The van der Waals surface area contributed by atoms with Crippen molar-refractivity contribution in [2.75, 3.05) is 20.1 Å². The highest BCUT2D eigenvalue weighted by Gasteiger charge is 2.33. The van der Waals surface area contributed by atoms with Crippen LogP contribution in [0.1, 0.15) is 27.5 Å². The molecular formula is C17H21F3IN5OS. The average Bonchev–Trinajstić information content (AvgIpc) is 3.14. The van der Waals surface area contributed by atoms with Crippen LogP contribution < -0.4 is 16.0 Å². The Hall–Kier alpha value is -1.89. The van der Waals surface area contributed by atoms with E-state index in [2.05, 4.69) is 25.9 Å². The van der Waals surface area contributed by atoms with Crippen LogP contribution in [0.5, 0.6) is 0 Å². The van der Waals surface area contributed by atoms with Crippen molar-refractivity contribution in [3.8, 4) is 0 Å². The lowest BCUT2D eigenvalue weighted by Gasteiger charge is -2.11. The number of amides is 1. The predicted octanol–water partition coefficient (Wildman–Crippen LogP) is 3.27. The normalized spacial score (nSPS) is 11.5. The molecule has 1 aromatic carbocycles. The third kappa shape index (κ3) is 8.00. The van der Waals surface area contributed by atoms with Crippen LogP contribution in [0.25, 0.3) is 0 Å². The summed E-state index contributed by atoms with van der Waals surface area (Å²) < 4.78 is 37.6. The van der Waals surface area contributed by atoms with E-state index in [1.54, 1.807) is 31.3 Å². The molecule has 3 N–H and O–H groups in total. The predicted molar refractivity (Wildman–Crippen MR) is 114 cm³/mol. The fourth-order valence-electron chi connectivity index (χ4n) is 2.09. The summed E-state index contributed by atoms with van der Waals surface area (Å²) in [6, 6.07) is 8.91. The highest BCUT2D eigenvalue weighted by atomic mass is 127. The van der Waals surface area contributed by atoms with Gasteiger partial charge in [0.05, 0.1) is 6.54 Å². The summed E-state index contributed by atoms with van der Waals surface area (Å²) in [6.07, 6.45) is -3.77. The first kappa shape index (κ1) is 24.1. The number of nitrogens with one attached hydrogen (secondary N) is 3. The van der Waals surface area contributed by atoms with Crippen LogP contribution in [-0.2, 0) is 12.7 Å². The van der Waals surface area contributed by atoms with Crippen molar-refractivity contribution in [1.82, 2.24) is 20.9 Å². The van der Waals surface area contributed by atoms with Gasteiger partial charge in [-0.3, -0.25) is 9.79 Å². The number of hydrogen-bond acceptors (Lipinski definition) is 4. The molecule has 0 saturated carbocycles. The van der Waals surface area contributed by atoms with Crippen molar-refractivity contribution in [1.29, 1.82) is 0 Å². The first-order valence-electron chi connectivity index (χ1n) is 8.19. The largest absolute Gasteiger partial charge is 0.434 e.